The number of amides is 2. The first-order valence-electron chi connectivity index (χ1n) is 8.40. The molecule has 3 rings (SSSR count). The lowest BCUT2D eigenvalue weighted by Crippen LogP contribution is -2.52. The second kappa shape index (κ2) is 7.26. The number of piperidine rings is 1. The van der Waals surface area contributed by atoms with Gasteiger partial charge in [0.25, 0.3) is 5.91 Å². The molecule has 0 spiro atoms. The summed E-state index contributed by atoms with van der Waals surface area (Å²) in [6.07, 6.45) is 1.67. The lowest BCUT2D eigenvalue weighted by atomic mass is 9.87. The fourth-order valence-electron chi connectivity index (χ4n) is 3.40. The molecule has 2 atom stereocenters. The predicted octanol–water partition coefficient (Wildman–Crippen LogP) is 0.610. The fourth-order valence-corrected chi connectivity index (χ4v) is 3.40. The Kier molecular flexibility index (Phi) is 5.08. The van der Waals surface area contributed by atoms with Crippen LogP contribution in [0.1, 0.15) is 22.5 Å². The molecule has 136 valence electrons. The number of carbonyl (C=O) groups excluding carboxylic acids is 2. The Labute approximate surface area is 145 Å². The number of rotatable bonds is 3. The summed E-state index contributed by atoms with van der Waals surface area (Å²) >= 11 is 0. The van der Waals surface area contributed by atoms with Crippen LogP contribution in [-0.2, 0) is 14.3 Å². The van der Waals surface area contributed by atoms with Gasteiger partial charge in [-0.25, -0.2) is 0 Å². The normalized spacial score (nSPS) is 24.2. The summed E-state index contributed by atoms with van der Waals surface area (Å²) in [5, 5.41) is 9.43. The number of nitrogens with zero attached hydrogens (tertiary/aromatic N) is 2. The van der Waals surface area contributed by atoms with Crippen LogP contribution in [0.25, 0.3) is 0 Å². The molecule has 0 radical (unpaired) electrons. The Hall–Kier alpha value is -2.35. The first kappa shape index (κ1) is 17.5. The van der Waals surface area contributed by atoms with Crippen LogP contribution in [0.15, 0.2) is 16.7 Å². The lowest BCUT2D eigenvalue weighted by molar-refractivity contribution is -0.148. The average Bonchev–Trinajstić information content (AvgIpc) is 3.06. The van der Waals surface area contributed by atoms with Crippen molar-refractivity contribution < 1.29 is 28.6 Å². The quantitative estimate of drug-likeness (QED) is 0.857. The number of aliphatic carboxylic acids is 1. The van der Waals surface area contributed by atoms with Crippen LogP contribution in [0.2, 0.25) is 0 Å². The highest BCUT2D eigenvalue weighted by Crippen LogP contribution is 2.26. The molecular formula is C17H22N2O6. The van der Waals surface area contributed by atoms with E-state index in [2.05, 4.69) is 0 Å². The van der Waals surface area contributed by atoms with E-state index in [4.69, 9.17) is 9.15 Å². The van der Waals surface area contributed by atoms with E-state index in [1.54, 1.807) is 17.9 Å². The smallest absolute Gasteiger partial charge is 0.308 e. The number of likely N-dealkylation sites (tertiary alicyclic amines) is 1. The molecule has 1 N–H and O–H groups in total. The third kappa shape index (κ3) is 3.68. The Morgan fingerprint density at radius 3 is 2.40 bits per heavy atom. The highest BCUT2D eigenvalue weighted by Gasteiger charge is 2.39. The molecule has 2 fully saturated rings. The summed E-state index contributed by atoms with van der Waals surface area (Å²) in [6, 6.07) is 1.68. The number of carboxylic acid groups (broad SMARTS) is 1. The van der Waals surface area contributed by atoms with Gasteiger partial charge in [0.15, 0.2) is 5.76 Å². The minimum atomic E-state index is -0.992. The van der Waals surface area contributed by atoms with Crippen molar-refractivity contribution in [1.29, 1.82) is 0 Å². The minimum Gasteiger partial charge on any atom is -0.481 e. The molecule has 0 bridgehead atoms. The maximum atomic E-state index is 12.8. The maximum absolute atomic E-state index is 12.8. The van der Waals surface area contributed by atoms with Gasteiger partial charge in [-0.2, -0.15) is 0 Å². The van der Waals surface area contributed by atoms with Crippen LogP contribution in [0, 0.1) is 18.8 Å². The van der Waals surface area contributed by atoms with E-state index in [-0.39, 0.29) is 37.1 Å². The molecule has 0 aliphatic carbocycles. The Balaban J connectivity index is 1.77. The third-order valence-corrected chi connectivity index (χ3v) is 4.82. The van der Waals surface area contributed by atoms with E-state index < -0.39 is 17.8 Å². The molecule has 1 aromatic heterocycles. The Morgan fingerprint density at radius 1 is 1.12 bits per heavy atom. The molecule has 2 aliphatic heterocycles. The SMILES string of the molecule is Cc1ccoc1C(=O)N1C[C@H](C(=O)O)C[C@@H](C(=O)N2CCOCC2)C1. The van der Waals surface area contributed by atoms with Crippen molar-refractivity contribution in [3.05, 3.63) is 23.7 Å². The van der Waals surface area contributed by atoms with Gasteiger partial charge in [0.2, 0.25) is 5.91 Å². The molecule has 8 heteroatoms. The first-order chi connectivity index (χ1) is 12.0. The van der Waals surface area contributed by atoms with Gasteiger partial charge < -0.3 is 24.1 Å². The number of carbonyl (C=O) groups is 3. The Morgan fingerprint density at radius 2 is 1.80 bits per heavy atom. The van der Waals surface area contributed by atoms with E-state index in [9.17, 15) is 19.5 Å². The molecular weight excluding hydrogens is 328 g/mol. The van der Waals surface area contributed by atoms with Gasteiger partial charge in [-0.3, -0.25) is 14.4 Å². The van der Waals surface area contributed by atoms with Gasteiger partial charge >= 0.3 is 5.97 Å². The predicted molar refractivity (Wildman–Crippen MR) is 86.0 cm³/mol. The summed E-state index contributed by atoms with van der Waals surface area (Å²) < 4.78 is 10.5. The monoisotopic (exact) mass is 350 g/mol. The van der Waals surface area contributed by atoms with Crippen molar-refractivity contribution in [2.45, 2.75) is 13.3 Å². The van der Waals surface area contributed by atoms with Gasteiger partial charge in [0.1, 0.15) is 0 Å². The van der Waals surface area contributed by atoms with Crippen molar-refractivity contribution in [2.75, 3.05) is 39.4 Å². The van der Waals surface area contributed by atoms with Crippen molar-refractivity contribution in [2.24, 2.45) is 11.8 Å². The van der Waals surface area contributed by atoms with Crippen LogP contribution >= 0.6 is 0 Å². The zero-order valence-electron chi connectivity index (χ0n) is 14.1. The number of hydrogen-bond donors (Lipinski definition) is 1. The van der Waals surface area contributed by atoms with Crippen LogP contribution in [0.3, 0.4) is 0 Å². The van der Waals surface area contributed by atoms with Crippen molar-refractivity contribution >= 4 is 17.8 Å². The highest BCUT2D eigenvalue weighted by molar-refractivity contribution is 5.94. The molecule has 0 unspecified atom stereocenters. The van der Waals surface area contributed by atoms with E-state index >= 15 is 0 Å². The standard InChI is InChI=1S/C17H22N2O6/c1-11-2-5-25-14(11)16(21)19-9-12(8-13(10-19)17(22)23)15(20)18-3-6-24-7-4-18/h2,5,12-13H,3-4,6-10H2,1H3,(H,22,23)/t12-,13-/m1/s1. The summed E-state index contributed by atoms with van der Waals surface area (Å²) in [4.78, 5) is 40.1. The molecule has 25 heavy (non-hydrogen) atoms. The molecule has 1 aromatic rings. The summed E-state index contributed by atoms with van der Waals surface area (Å²) in [5.41, 5.74) is 0.693. The third-order valence-electron chi connectivity index (χ3n) is 4.82. The second-order valence-corrected chi connectivity index (χ2v) is 6.55. The van der Waals surface area contributed by atoms with Crippen LogP contribution in [0.4, 0.5) is 0 Å². The minimum absolute atomic E-state index is 0.0845. The molecule has 2 aliphatic rings. The van der Waals surface area contributed by atoms with Crippen molar-refractivity contribution in [1.82, 2.24) is 9.80 Å². The largest absolute Gasteiger partial charge is 0.481 e. The molecule has 8 nitrogen and oxygen atoms in total. The van der Waals surface area contributed by atoms with E-state index in [0.717, 1.165) is 0 Å². The number of carboxylic acids is 1. The summed E-state index contributed by atoms with van der Waals surface area (Å²) in [6.45, 7) is 4.01. The van der Waals surface area contributed by atoms with Gasteiger partial charge in [0.05, 0.1) is 31.3 Å². The van der Waals surface area contributed by atoms with Crippen LogP contribution in [-0.4, -0.2) is 72.1 Å². The van der Waals surface area contributed by atoms with E-state index in [1.807, 2.05) is 0 Å². The number of ether oxygens (including phenoxy) is 1. The van der Waals surface area contributed by atoms with Crippen LogP contribution in [0.5, 0.6) is 0 Å². The molecule has 0 aromatic carbocycles. The Bertz CT molecular complexity index is 664. The van der Waals surface area contributed by atoms with E-state index in [0.29, 0.717) is 31.9 Å². The van der Waals surface area contributed by atoms with Gasteiger partial charge in [-0.15, -0.1) is 0 Å². The summed E-state index contributed by atoms with van der Waals surface area (Å²) in [5.74, 6) is -2.55. The number of furan rings is 1. The molecule has 3 heterocycles. The lowest BCUT2D eigenvalue weighted by Gasteiger charge is -2.38. The van der Waals surface area contributed by atoms with Crippen LogP contribution < -0.4 is 0 Å². The fraction of sp³-hybridized carbons (Fsp3) is 0.588. The van der Waals surface area contributed by atoms with Gasteiger partial charge in [0, 0.05) is 31.7 Å². The zero-order valence-corrected chi connectivity index (χ0v) is 14.1. The topological polar surface area (TPSA) is 100 Å². The average molecular weight is 350 g/mol. The maximum Gasteiger partial charge on any atom is 0.308 e. The summed E-state index contributed by atoms with van der Waals surface area (Å²) in [7, 11) is 0. The number of aryl methyl sites for hydroxylation is 1. The molecule has 2 amide bonds. The van der Waals surface area contributed by atoms with Gasteiger partial charge in [-0.05, 0) is 19.4 Å². The highest BCUT2D eigenvalue weighted by atomic mass is 16.5. The zero-order chi connectivity index (χ0) is 18.0. The number of hydrogen-bond acceptors (Lipinski definition) is 5. The van der Waals surface area contributed by atoms with Crippen molar-refractivity contribution in [3.8, 4) is 0 Å². The van der Waals surface area contributed by atoms with Gasteiger partial charge in [-0.1, -0.05) is 0 Å². The second-order valence-electron chi connectivity index (χ2n) is 6.55. The number of morpholine rings is 1. The van der Waals surface area contributed by atoms with E-state index in [1.165, 1.54) is 11.2 Å². The van der Waals surface area contributed by atoms with Crippen molar-refractivity contribution in [3.63, 3.8) is 0 Å². The first-order valence-corrected chi connectivity index (χ1v) is 8.40. The molecule has 0 saturated carbocycles. The molecule has 2 saturated heterocycles.